The van der Waals surface area contributed by atoms with Crippen molar-refractivity contribution in [3.8, 4) is 5.75 Å². The molecule has 146 valence electrons. The van der Waals surface area contributed by atoms with E-state index in [1.807, 2.05) is 24.4 Å². The number of aryl methyl sites for hydroxylation is 1. The predicted octanol–water partition coefficient (Wildman–Crippen LogP) is 4.12. The number of ether oxygens (including phenoxy) is 1. The Morgan fingerprint density at radius 3 is 3.04 bits per heavy atom. The van der Waals surface area contributed by atoms with Crippen LogP contribution in [0.4, 0.5) is 5.13 Å². The third-order valence-corrected chi connectivity index (χ3v) is 6.45. The van der Waals surface area contributed by atoms with Crippen LogP contribution in [0.3, 0.4) is 0 Å². The lowest BCUT2D eigenvalue weighted by atomic mass is 10.2. The molecule has 3 heterocycles. The highest BCUT2D eigenvalue weighted by molar-refractivity contribution is 7.15. The number of amides is 1. The van der Waals surface area contributed by atoms with E-state index in [9.17, 15) is 4.79 Å². The first-order chi connectivity index (χ1) is 13.6. The Hall–Kier alpha value is -2.29. The molecule has 4 rings (SSSR count). The summed E-state index contributed by atoms with van der Waals surface area (Å²) in [6, 6.07) is 7.20. The molecule has 1 amide bonds. The maximum Gasteiger partial charge on any atom is 0.257 e. The maximum absolute atomic E-state index is 12.7. The number of hydrogen-bond donors (Lipinski definition) is 1. The molecule has 1 aromatic carbocycles. The predicted molar refractivity (Wildman–Crippen MR) is 112 cm³/mol. The largest absolute Gasteiger partial charge is 0.487 e. The molecule has 2 aromatic heterocycles. The van der Waals surface area contributed by atoms with Crippen LogP contribution in [0.1, 0.15) is 38.6 Å². The van der Waals surface area contributed by atoms with Gasteiger partial charge in [0, 0.05) is 35.3 Å². The molecule has 0 unspecified atom stereocenters. The number of fused-ring (bicyclic) bond motifs is 1. The first-order valence-electron chi connectivity index (χ1n) is 9.27. The molecule has 1 aliphatic rings. The van der Waals surface area contributed by atoms with Gasteiger partial charge in [-0.2, -0.15) is 0 Å². The van der Waals surface area contributed by atoms with E-state index in [0.29, 0.717) is 23.1 Å². The van der Waals surface area contributed by atoms with Crippen molar-refractivity contribution in [1.82, 2.24) is 14.9 Å². The average Bonchev–Trinajstić information content (AvgIpc) is 3.31. The number of hydrogen-bond acceptors (Lipinski definition) is 7. The summed E-state index contributed by atoms with van der Waals surface area (Å²) in [6.45, 7) is 7.50. The minimum atomic E-state index is -0.173. The number of carbonyl (C=O) groups is 1. The maximum atomic E-state index is 12.7. The van der Waals surface area contributed by atoms with Gasteiger partial charge in [-0.1, -0.05) is 13.0 Å². The lowest BCUT2D eigenvalue weighted by Gasteiger charge is -2.23. The number of nitrogens with one attached hydrogen (secondary N) is 1. The van der Waals surface area contributed by atoms with Crippen LogP contribution < -0.4 is 10.1 Å². The molecule has 6 nitrogen and oxygen atoms in total. The minimum Gasteiger partial charge on any atom is -0.487 e. The van der Waals surface area contributed by atoms with Crippen LogP contribution in [0.5, 0.6) is 5.75 Å². The fourth-order valence-electron chi connectivity index (χ4n) is 3.10. The molecule has 8 heteroatoms. The number of thiazole rings is 2. The third kappa shape index (κ3) is 4.40. The number of carbonyl (C=O) groups excluding carboxylic acids is 1. The summed E-state index contributed by atoms with van der Waals surface area (Å²) in [4.78, 5) is 25.3. The van der Waals surface area contributed by atoms with E-state index in [1.165, 1.54) is 4.88 Å². The van der Waals surface area contributed by atoms with Crippen LogP contribution in [0, 0.1) is 6.92 Å². The van der Waals surface area contributed by atoms with Crippen LogP contribution in [0.25, 0.3) is 0 Å². The molecular weight excluding hydrogens is 392 g/mol. The summed E-state index contributed by atoms with van der Waals surface area (Å²) in [6.07, 6.45) is 0.939. The van der Waals surface area contributed by atoms with Crippen molar-refractivity contribution in [1.29, 1.82) is 0 Å². The molecule has 3 aromatic rings. The first kappa shape index (κ1) is 19.0. The zero-order valence-corrected chi connectivity index (χ0v) is 17.5. The SMILES string of the molecule is CCN1CCc2nc(NC(=O)c3cccc(OCc4csc(C)n4)c3)sc2C1. The second-order valence-electron chi connectivity index (χ2n) is 6.64. The van der Waals surface area contributed by atoms with Crippen molar-refractivity contribution in [3.05, 3.63) is 56.5 Å². The van der Waals surface area contributed by atoms with Gasteiger partial charge in [0.2, 0.25) is 0 Å². The van der Waals surface area contributed by atoms with Gasteiger partial charge in [-0.15, -0.1) is 22.7 Å². The molecule has 0 radical (unpaired) electrons. The Morgan fingerprint density at radius 2 is 2.25 bits per heavy atom. The Balaban J connectivity index is 1.40. The zero-order chi connectivity index (χ0) is 19.5. The van der Waals surface area contributed by atoms with Crippen LogP contribution in [0.15, 0.2) is 29.6 Å². The summed E-state index contributed by atoms with van der Waals surface area (Å²) in [7, 11) is 0. The number of likely N-dealkylation sites (N-methyl/N-ethyl adjacent to an activating group) is 1. The quantitative estimate of drug-likeness (QED) is 0.657. The monoisotopic (exact) mass is 414 g/mol. The van der Waals surface area contributed by atoms with Crippen molar-refractivity contribution in [2.24, 2.45) is 0 Å². The van der Waals surface area contributed by atoms with E-state index in [2.05, 4.69) is 27.1 Å². The van der Waals surface area contributed by atoms with E-state index in [-0.39, 0.29) is 5.91 Å². The fraction of sp³-hybridized carbons (Fsp3) is 0.350. The highest BCUT2D eigenvalue weighted by atomic mass is 32.1. The number of nitrogens with zero attached hydrogens (tertiary/aromatic N) is 3. The molecule has 1 N–H and O–H groups in total. The van der Waals surface area contributed by atoms with Gasteiger partial charge in [-0.05, 0) is 31.7 Å². The number of rotatable bonds is 6. The summed E-state index contributed by atoms with van der Waals surface area (Å²) >= 11 is 3.17. The third-order valence-electron chi connectivity index (χ3n) is 4.63. The molecule has 0 atom stereocenters. The summed E-state index contributed by atoms with van der Waals surface area (Å²) in [5.74, 6) is 0.476. The standard InChI is InChI=1S/C20H22N4O2S2/c1-3-24-8-7-17-18(10-24)28-20(22-17)23-19(25)14-5-4-6-16(9-14)26-11-15-12-27-13(2)21-15/h4-6,9,12H,3,7-8,10-11H2,1-2H3,(H,22,23,25). The molecular formula is C20H22N4O2S2. The molecule has 0 saturated carbocycles. The summed E-state index contributed by atoms with van der Waals surface area (Å²) in [5.41, 5.74) is 2.56. The van der Waals surface area contributed by atoms with Crippen molar-refractivity contribution in [2.75, 3.05) is 18.4 Å². The molecule has 0 saturated heterocycles. The van der Waals surface area contributed by atoms with Gasteiger partial charge >= 0.3 is 0 Å². The topological polar surface area (TPSA) is 67.4 Å². The van der Waals surface area contributed by atoms with E-state index in [1.54, 1.807) is 34.8 Å². The smallest absolute Gasteiger partial charge is 0.257 e. The van der Waals surface area contributed by atoms with Gasteiger partial charge in [0.1, 0.15) is 12.4 Å². The van der Waals surface area contributed by atoms with Crippen molar-refractivity contribution >= 4 is 33.7 Å². The highest BCUT2D eigenvalue weighted by Gasteiger charge is 2.20. The molecule has 0 aliphatic carbocycles. The number of aromatic nitrogens is 2. The molecule has 1 aliphatic heterocycles. The Bertz CT molecular complexity index is 982. The lowest BCUT2D eigenvalue weighted by molar-refractivity contribution is 0.102. The second-order valence-corrected chi connectivity index (χ2v) is 8.78. The first-order valence-corrected chi connectivity index (χ1v) is 11.0. The van der Waals surface area contributed by atoms with Crippen molar-refractivity contribution < 1.29 is 9.53 Å². The summed E-state index contributed by atoms with van der Waals surface area (Å²) in [5, 5.41) is 6.60. The highest BCUT2D eigenvalue weighted by Crippen LogP contribution is 2.28. The van der Waals surface area contributed by atoms with Crippen LogP contribution in [-0.4, -0.2) is 33.9 Å². The van der Waals surface area contributed by atoms with Gasteiger partial charge in [0.05, 0.1) is 16.4 Å². The van der Waals surface area contributed by atoms with E-state index < -0.39 is 0 Å². The molecule has 0 fully saturated rings. The fourth-order valence-corrected chi connectivity index (χ4v) is 4.74. The van der Waals surface area contributed by atoms with Crippen molar-refractivity contribution in [2.45, 2.75) is 33.4 Å². The Kier molecular flexibility index (Phi) is 5.70. The average molecular weight is 415 g/mol. The van der Waals surface area contributed by atoms with Gasteiger partial charge in [-0.25, -0.2) is 9.97 Å². The summed E-state index contributed by atoms with van der Waals surface area (Å²) < 4.78 is 5.78. The Labute approximate surface area is 172 Å². The van der Waals surface area contributed by atoms with Crippen LogP contribution in [0.2, 0.25) is 0 Å². The van der Waals surface area contributed by atoms with Crippen molar-refractivity contribution in [3.63, 3.8) is 0 Å². The van der Waals surface area contributed by atoms with E-state index in [4.69, 9.17) is 4.74 Å². The minimum absolute atomic E-state index is 0.173. The number of anilines is 1. The molecule has 0 spiro atoms. The van der Waals surface area contributed by atoms with Gasteiger partial charge in [0.25, 0.3) is 5.91 Å². The van der Waals surface area contributed by atoms with Gasteiger partial charge < -0.3 is 4.74 Å². The second kappa shape index (κ2) is 8.38. The normalized spacial score (nSPS) is 13.9. The molecule has 0 bridgehead atoms. The van der Waals surface area contributed by atoms with E-state index >= 15 is 0 Å². The van der Waals surface area contributed by atoms with Crippen LogP contribution in [-0.2, 0) is 19.6 Å². The lowest BCUT2D eigenvalue weighted by Crippen LogP contribution is -2.29. The van der Waals surface area contributed by atoms with E-state index in [0.717, 1.165) is 42.5 Å². The van der Waals surface area contributed by atoms with Gasteiger partial charge in [-0.3, -0.25) is 15.0 Å². The van der Waals surface area contributed by atoms with Crippen LogP contribution >= 0.6 is 22.7 Å². The molecule has 28 heavy (non-hydrogen) atoms. The Morgan fingerprint density at radius 1 is 1.36 bits per heavy atom. The number of benzene rings is 1. The zero-order valence-electron chi connectivity index (χ0n) is 15.9. The van der Waals surface area contributed by atoms with Gasteiger partial charge in [0.15, 0.2) is 5.13 Å².